The molecule has 2 rings (SSSR count). The zero-order chi connectivity index (χ0) is 20.4. The molecular weight excluding hydrogens is 384 g/mol. The smallest absolute Gasteiger partial charge is 0.308 e. The Labute approximate surface area is 168 Å². The van der Waals surface area contributed by atoms with Gasteiger partial charge in [-0.2, -0.15) is 0 Å². The van der Waals surface area contributed by atoms with Crippen LogP contribution in [0.2, 0.25) is 5.02 Å². The monoisotopic (exact) mass is 404 g/mol. The second-order valence-corrected chi connectivity index (χ2v) is 6.21. The lowest BCUT2D eigenvalue weighted by molar-refractivity contribution is -0.148. The Balaban J connectivity index is 1.64. The van der Waals surface area contributed by atoms with E-state index in [1.165, 1.54) is 7.11 Å². The number of hydrogen-bond donors (Lipinski definition) is 2. The van der Waals surface area contributed by atoms with Crippen molar-refractivity contribution in [3.05, 3.63) is 64.7 Å². The van der Waals surface area contributed by atoms with Crippen molar-refractivity contribution in [1.82, 2.24) is 10.6 Å². The minimum absolute atomic E-state index is 0.0502. The molecule has 2 aromatic rings. The molecule has 0 aromatic heterocycles. The van der Waals surface area contributed by atoms with E-state index in [0.717, 1.165) is 5.56 Å². The summed E-state index contributed by atoms with van der Waals surface area (Å²) >= 11 is 5.79. The normalized spacial score (nSPS) is 10.1. The molecule has 0 spiro atoms. The summed E-state index contributed by atoms with van der Waals surface area (Å²) in [7, 11) is 1.47. The number of esters is 1. The van der Waals surface area contributed by atoms with E-state index in [0.29, 0.717) is 22.9 Å². The topological polar surface area (TPSA) is 93.7 Å². The molecule has 7 nitrogen and oxygen atoms in total. The Kier molecular flexibility index (Phi) is 8.30. The second-order valence-electron chi connectivity index (χ2n) is 5.77. The van der Waals surface area contributed by atoms with E-state index in [-0.39, 0.29) is 25.5 Å². The Morgan fingerprint density at radius 3 is 2.43 bits per heavy atom. The van der Waals surface area contributed by atoms with Gasteiger partial charge in [0.25, 0.3) is 11.8 Å². The third kappa shape index (κ3) is 6.92. The molecule has 0 aliphatic rings. The maximum absolute atomic E-state index is 12.1. The fraction of sp³-hybridized carbons (Fsp3) is 0.250. The molecule has 0 heterocycles. The molecule has 0 unspecified atom stereocenters. The van der Waals surface area contributed by atoms with Crippen molar-refractivity contribution in [2.45, 2.75) is 13.0 Å². The van der Waals surface area contributed by atoms with Gasteiger partial charge in [0.2, 0.25) is 0 Å². The molecule has 0 radical (unpaired) electrons. The standard InChI is InChI=1S/C20H21ClN2O5/c1-27-17-5-3-2-4-16(17)20(26)22-11-10-19(25)28-13-18(24)23-12-14-6-8-15(21)9-7-14/h2-9H,10-13H2,1H3,(H,22,26)(H,23,24). The van der Waals surface area contributed by atoms with Gasteiger partial charge in [-0.1, -0.05) is 35.9 Å². The minimum atomic E-state index is -0.582. The lowest BCUT2D eigenvalue weighted by atomic mass is 10.2. The van der Waals surface area contributed by atoms with Crippen molar-refractivity contribution in [1.29, 1.82) is 0 Å². The largest absolute Gasteiger partial charge is 0.496 e. The Morgan fingerprint density at radius 2 is 1.71 bits per heavy atom. The fourth-order valence-corrected chi connectivity index (χ4v) is 2.40. The molecule has 0 bridgehead atoms. The zero-order valence-electron chi connectivity index (χ0n) is 15.4. The van der Waals surface area contributed by atoms with E-state index in [4.69, 9.17) is 21.1 Å². The molecule has 8 heteroatoms. The number of halogens is 1. The van der Waals surface area contributed by atoms with Crippen LogP contribution in [0.25, 0.3) is 0 Å². The Bertz CT molecular complexity index is 824. The highest BCUT2D eigenvalue weighted by Gasteiger charge is 2.12. The van der Waals surface area contributed by atoms with Crippen LogP contribution in [0.4, 0.5) is 0 Å². The van der Waals surface area contributed by atoms with Crippen LogP contribution < -0.4 is 15.4 Å². The third-order valence-electron chi connectivity index (χ3n) is 3.73. The number of hydrogen-bond acceptors (Lipinski definition) is 5. The Hall–Kier alpha value is -3.06. The molecule has 0 aliphatic carbocycles. The molecule has 0 saturated carbocycles. The number of ether oxygens (including phenoxy) is 2. The van der Waals surface area contributed by atoms with Crippen LogP contribution in [0.5, 0.6) is 5.75 Å². The number of methoxy groups -OCH3 is 1. The molecule has 28 heavy (non-hydrogen) atoms. The molecule has 2 N–H and O–H groups in total. The summed E-state index contributed by atoms with van der Waals surface area (Å²) in [5.41, 5.74) is 1.25. The molecule has 2 aromatic carbocycles. The summed E-state index contributed by atoms with van der Waals surface area (Å²) in [6.07, 6.45) is -0.0502. The van der Waals surface area contributed by atoms with E-state index >= 15 is 0 Å². The van der Waals surface area contributed by atoms with Gasteiger partial charge < -0.3 is 20.1 Å². The number of benzene rings is 2. The van der Waals surface area contributed by atoms with Crippen LogP contribution in [0.3, 0.4) is 0 Å². The minimum Gasteiger partial charge on any atom is -0.496 e. The number of nitrogens with one attached hydrogen (secondary N) is 2. The average molecular weight is 405 g/mol. The summed E-state index contributed by atoms with van der Waals surface area (Å²) < 4.78 is 10.0. The van der Waals surface area contributed by atoms with Crippen molar-refractivity contribution < 1.29 is 23.9 Å². The predicted molar refractivity (Wildman–Crippen MR) is 104 cm³/mol. The fourth-order valence-electron chi connectivity index (χ4n) is 2.28. The zero-order valence-corrected chi connectivity index (χ0v) is 16.1. The number of para-hydroxylation sites is 1. The highest BCUT2D eigenvalue weighted by molar-refractivity contribution is 6.30. The van der Waals surface area contributed by atoms with Crippen LogP contribution in [-0.2, 0) is 20.9 Å². The number of carbonyl (C=O) groups is 3. The van der Waals surface area contributed by atoms with Gasteiger partial charge >= 0.3 is 5.97 Å². The summed E-state index contributed by atoms with van der Waals surface area (Å²) in [5, 5.41) is 5.86. The maximum atomic E-state index is 12.1. The highest BCUT2D eigenvalue weighted by atomic mass is 35.5. The van der Waals surface area contributed by atoms with Crippen LogP contribution in [0.15, 0.2) is 48.5 Å². The predicted octanol–water partition coefficient (Wildman–Crippen LogP) is 2.33. The van der Waals surface area contributed by atoms with E-state index in [2.05, 4.69) is 10.6 Å². The molecule has 0 saturated heterocycles. The van der Waals surface area contributed by atoms with Gasteiger partial charge in [0.1, 0.15) is 5.75 Å². The van der Waals surface area contributed by atoms with Gasteiger partial charge in [0.15, 0.2) is 6.61 Å². The summed E-state index contributed by atoms with van der Waals surface area (Å²) in [5.74, 6) is -0.908. The van der Waals surface area contributed by atoms with Crippen LogP contribution in [-0.4, -0.2) is 38.0 Å². The van der Waals surface area contributed by atoms with E-state index in [1.54, 1.807) is 48.5 Å². The maximum Gasteiger partial charge on any atom is 0.308 e. The number of rotatable bonds is 9. The quantitative estimate of drug-likeness (QED) is 0.625. The van der Waals surface area contributed by atoms with Crippen LogP contribution >= 0.6 is 11.6 Å². The SMILES string of the molecule is COc1ccccc1C(=O)NCCC(=O)OCC(=O)NCc1ccc(Cl)cc1. The first kappa shape index (κ1) is 21.2. The average Bonchev–Trinajstić information content (AvgIpc) is 2.71. The summed E-state index contributed by atoms with van der Waals surface area (Å²) in [4.78, 5) is 35.5. The molecule has 2 amide bonds. The highest BCUT2D eigenvalue weighted by Crippen LogP contribution is 2.16. The van der Waals surface area contributed by atoms with Crippen molar-refractivity contribution >= 4 is 29.4 Å². The van der Waals surface area contributed by atoms with Crippen molar-refractivity contribution in [3.63, 3.8) is 0 Å². The summed E-state index contributed by atoms with van der Waals surface area (Å²) in [6.45, 7) is 0.0114. The van der Waals surface area contributed by atoms with E-state index in [1.807, 2.05) is 0 Å². The first-order valence-electron chi connectivity index (χ1n) is 8.57. The first-order chi connectivity index (χ1) is 13.5. The first-order valence-corrected chi connectivity index (χ1v) is 8.95. The number of amides is 2. The second kappa shape index (κ2) is 10.9. The van der Waals surface area contributed by atoms with Gasteiger partial charge in [0.05, 0.1) is 19.1 Å². The lowest BCUT2D eigenvalue weighted by Crippen LogP contribution is -2.30. The van der Waals surface area contributed by atoms with Gasteiger partial charge in [-0.25, -0.2) is 0 Å². The van der Waals surface area contributed by atoms with Gasteiger partial charge in [-0.15, -0.1) is 0 Å². The molecule has 0 atom stereocenters. The van der Waals surface area contributed by atoms with Gasteiger partial charge in [-0.05, 0) is 29.8 Å². The van der Waals surface area contributed by atoms with Crippen molar-refractivity contribution in [2.75, 3.05) is 20.3 Å². The van der Waals surface area contributed by atoms with Gasteiger partial charge in [-0.3, -0.25) is 14.4 Å². The van der Waals surface area contributed by atoms with Crippen LogP contribution in [0.1, 0.15) is 22.3 Å². The van der Waals surface area contributed by atoms with E-state index in [9.17, 15) is 14.4 Å². The Morgan fingerprint density at radius 1 is 1.00 bits per heavy atom. The molecule has 0 fully saturated rings. The molecular formula is C20H21ClN2O5. The third-order valence-corrected chi connectivity index (χ3v) is 3.99. The molecule has 148 valence electrons. The summed E-state index contributed by atoms with van der Waals surface area (Å²) in [6, 6.07) is 13.8. The molecule has 0 aliphatic heterocycles. The lowest BCUT2D eigenvalue weighted by Gasteiger charge is -2.09. The van der Waals surface area contributed by atoms with E-state index < -0.39 is 11.9 Å². The van der Waals surface area contributed by atoms with Crippen molar-refractivity contribution in [2.24, 2.45) is 0 Å². The number of carbonyl (C=O) groups excluding carboxylic acids is 3. The van der Waals surface area contributed by atoms with Crippen molar-refractivity contribution in [3.8, 4) is 5.75 Å². The van der Waals surface area contributed by atoms with Gasteiger partial charge in [0, 0.05) is 18.1 Å². The van der Waals surface area contributed by atoms with Crippen LogP contribution in [0, 0.1) is 0 Å².